The molecule has 8 heteroatoms. The Labute approximate surface area is 139 Å². The lowest BCUT2D eigenvalue weighted by Crippen LogP contribution is -2.34. The van der Waals surface area contributed by atoms with Gasteiger partial charge in [0.25, 0.3) is 0 Å². The minimum atomic E-state index is -1.65. The monoisotopic (exact) mass is 347 g/mol. The Morgan fingerprint density at radius 1 is 1.25 bits per heavy atom. The first-order valence-corrected chi connectivity index (χ1v) is 7.41. The highest BCUT2D eigenvalue weighted by Crippen LogP contribution is 2.28. The van der Waals surface area contributed by atoms with Gasteiger partial charge < -0.3 is 25.0 Å². The van der Waals surface area contributed by atoms with Crippen molar-refractivity contribution >= 4 is 6.09 Å². The van der Waals surface area contributed by atoms with Gasteiger partial charge in [0.05, 0.1) is 13.2 Å². The highest BCUT2D eigenvalue weighted by atomic mass is 19.2. The van der Waals surface area contributed by atoms with Crippen molar-refractivity contribution in [2.24, 2.45) is 0 Å². The SMILES string of the molecule is COc1ccc(C(O)C(O)CCNC(=O)OC(C)(C)C)c(F)c1F. The Hall–Kier alpha value is -1.93. The first kappa shape index (κ1) is 20.1. The van der Waals surface area contributed by atoms with Crippen molar-refractivity contribution in [2.75, 3.05) is 13.7 Å². The molecule has 0 fully saturated rings. The van der Waals surface area contributed by atoms with Gasteiger partial charge in [-0.1, -0.05) is 0 Å². The van der Waals surface area contributed by atoms with Crippen LogP contribution in [0.5, 0.6) is 5.75 Å². The standard InChI is InChI=1S/C16H23F2NO5/c1-16(2,3)24-15(22)19-8-7-10(20)14(21)9-5-6-11(23-4)13(18)12(9)17/h5-6,10,14,20-21H,7-8H2,1-4H3,(H,19,22). The molecule has 2 unspecified atom stereocenters. The molecular weight excluding hydrogens is 324 g/mol. The summed E-state index contributed by atoms with van der Waals surface area (Å²) in [5.41, 5.74) is -1.05. The summed E-state index contributed by atoms with van der Waals surface area (Å²) in [5, 5.41) is 22.3. The van der Waals surface area contributed by atoms with Gasteiger partial charge in [0, 0.05) is 12.1 Å². The lowest BCUT2D eigenvalue weighted by atomic mass is 10.0. The average Bonchev–Trinajstić information content (AvgIpc) is 2.47. The van der Waals surface area contributed by atoms with Crippen LogP contribution in [0.15, 0.2) is 12.1 Å². The molecule has 0 bridgehead atoms. The highest BCUT2D eigenvalue weighted by molar-refractivity contribution is 5.67. The van der Waals surface area contributed by atoms with Crippen LogP contribution >= 0.6 is 0 Å². The number of carbonyl (C=O) groups excluding carboxylic acids is 1. The van der Waals surface area contributed by atoms with Crippen molar-refractivity contribution in [3.05, 3.63) is 29.3 Å². The maximum atomic E-state index is 13.9. The van der Waals surface area contributed by atoms with E-state index in [4.69, 9.17) is 4.74 Å². The zero-order valence-electron chi connectivity index (χ0n) is 14.1. The van der Waals surface area contributed by atoms with Gasteiger partial charge in [0.2, 0.25) is 5.82 Å². The van der Waals surface area contributed by atoms with E-state index in [0.717, 1.165) is 12.1 Å². The summed E-state index contributed by atoms with van der Waals surface area (Å²) < 4.78 is 37.2. The maximum absolute atomic E-state index is 13.9. The zero-order valence-corrected chi connectivity index (χ0v) is 14.1. The summed E-state index contributed by atoms with van der Waals surface area (Å²) in [5.74, 6) is -2.83. The van der Waals surface area contributed by atoms with Gasteiger partial charge in [0.1, 0.15) is 11.7 Å². The number of halogens is 2. The molecule has 24 heavy (non-hydrogen) atoms. The van der Waals surface area contributed by atoms with Crippen LogP contribution in [0.25, 0.3) is 0 Å². The topological polar surface area (TPSA) is 88.0 Å². The van der Waals surface area contributed by atoms with E-state index in [1.165, 1.54) is 7.11 Å². The number of methoxy groups -OCH3 is 1. The van der Waals surface area contributed by atoms with Crippen LogP contribution < -0.4 is 10.1 Å². The van der Waals surface area contributed by atoms with Crippen molar-refractivity contribution in [1.29, 1.82) is 0 Å². The van der Waals surface area contributed by atoms with Crippen LogP contribution in [-0.2, 0) is 4.74 Å². The second-order valence-corrected chi connectivity index (χ2v) is 6.21. The Morgan fingerprint density at radius 3 is 2.42 bits per heavy atom. The number of aliphatic hydroxyl groups is 2. The Kier molecular flexibility index (Phi) is 6.92. The number of aliphatic hydroxyl groups excluding tert-OH is 2. The van der Waals surface area contributed by atoms with Crippen molar-refractivity contribution in [3.63, 3.8) is 0 Å². The molecular formula is C16H23F2NO5. The van der Waals surface area contributed by atoms with E-state index in [0.29, 0.717) is 0 Å². The van der Waals surface area contributed by atoms with E-state index in [9.17, 15) is 23.8 Å². The van der Waals surface area contributed by atoms with E-state index in [2.05, 4.69) is 10.1 Å². The fraction of sp³-hybridized carbons (Fsp3) is 0.562. The van der Waals surface area contributed by atoms with Crippen LogP contribution in [0.4, 0.5) is 13.6 Å². The summed E-state index contributed by atoms with van der Waals surface area (Å²) in [6, 6.07) is 2.29. The first-order chi connectivity index (χ1) is 11.1. The highest BCUT2D eigenvalue weighted by Gasteiger charge is 2.25. The van der Waals surface area contributed by atoms with Crippen molar-refractivity contribution in [1.82, 2.24) is 5.32 Å². The maximum Gasteiger partial charge on any atom is 0.407 e. The largest absolute Gasteiger partial charge is 0.494 e. The molecule has 6 nitrogen and oxygen atoms in total. The van der Waals surface area contributed by atoms with Gasteiger partial charge in [0.15, 0.2) is 11.6 Å². The summed E-state index contributed by atoms with van der Waals surface area (Å²) in [6.45, 7) is 5.10. The molecule has 1 aromatic carbocycles. The van der Waals surface area contributed by atoms with Crippen LogP contribution in [0, 0.1) is 11.6 Å². The molecule has 1 amide bonds. The molecule has 0 saturated carbocycles. The smallest absolute Gasteiger partial charge is 0.407 e. The third-order valence-electron chi connectivity index (χ3n) is 3.09. The quantitative estimate of drug-likeness (QED) is 0.735. The van der Waals surface area contributed by atoms with Crippen LogP contribution in [0.1, 0.15) is 38.9 Å². The van der Waals surface area contributed by atoms with Crippen LogP contribution in [-0.4, -0.2) is 41.7 Å². The summed E-state index contributed by atoms with van der Waals surface area (Å²) in [6.07, 6.45) is -3.80. The van der Waals surface area contributed by atoms with Gasteiger partial charge in [-0.3, -0.25) is 0 Å². The van der Waals surface area contributed by atoms with E-state index < -0.39 is 41.1 Å². The third-order valence-corrected chi connectivity index (χ3v) is 3.09. The molecule has 1 aromatic rings. The van der Waals surface area contributed by atoms with Crippen molar-refractivity contribution in [2.45, 2.75) is 45.0 Å². The number of rotatable bonds is 6. The van der Waals surface area contributed by atoms with Gasteiger partial charge in [-0.25, -0.2) is 9.18 Å². The number of benzene rings is 1. The molecule has 2 atom stereocenters. The van der Waals surface area contributed by atoms with Gasteiger partial charge >= 0.3 is 6.09 Å². The van der Waals surface area contributed by atoms with Crippen LogP contribution in [0.3, 0.4) is 0 Å². The summed E-state index contributed by atoms with van der Waals surface area (Å²) >= 11 is 0. The molecule has 136 valence electrons. The molecule has 3 N–H and O–H groups in total. The second-order valence-electron chi connectivity index (χ2n) is 6.21. The lowest BCUT2D eigenvalue weighted by molar-refractivity contribution is 0.00996. The molecule has 0 spiro atoms. The number of nitrogens with one attached hydrogen (secondary N) is 1. The Morgan fingerprint density at radius 2 is 1.88 bits per heavy atom. The molecule has 0 aliphatic rings. The molecule has 0 saturated heterocycles. The van der Waals surface area contributed by atoms with E-state index in [1.54, 1.807) is 20.8 Å². The van der Waals surface area contributed by atoms with E-state index in [-0.39, 0.29) is 18.7 Å². The van der Waals surface area contributed by atoms with Gasteiger partial charge in [-0.15, -0.1) is 0 Å². The molecule has 0 heterocycles. The minimum Gasteiger partial charge on any atom is -0.494 e. The molecule has 0 aliphatic heterocycles. The summed E-state index contributed by atoms with van der Waals surface area (Å²) in [7, 11) is 1.19. The zero-order chi connectivity index (χ0) is 18.5. The number of carbonyl (C=O) groups is 1. The number of ether oxygens (including phenoxy) is 2. The van der Waals surface area contributed by atoms with Crippen molar-refractivity contribution in [3.8, 4) is 5.75 Å². The number of alkyl carbamates (subject to hydrolysis) is 1. The second kappa shape index (κ2) is 8.25. The third kappa shape index (κ3) is 5.61. The number of hydrogen-bond donors (Lipinski definition) is 3. The molecule has 0 radical (unpaired) electrons. The van der Waals surface area contributed by atoms with Crippen molar-refractivity contribution < 1.29 is 33.3 Å². The Bertz CT molecular complexity index is 574. The van der Waals surface area contributed by atoms with Gasteiger partial charge in [-0.2, -0.15) is 4.39 Å². The number of hydrogen-bond acceptors (Lipinski definition) is 5. The normalized spacial score (nSPS) is 14.0. The van der Waals surface area contributed by atoms with Crippen LogP contribution in [0.2, 0.25) is 0 Å². The van der Waals surface area contributed by atoms with Gasteiger partial charge in [-0.05, 0) is 39.3 Å². The fourth-order valence-corrected chi connectivity index (χ4v) is 1.93. The predicted octanol–water partition coefficient (Wildman–Crippen LogP) is 2.28. The van der Waals surface area contributed by atoms with E-state index >= 15 is 0 Å². The fourth-order valence-electron chi connectivity index (χ4n) is 1.93. The molecule has 0 aliphatic carbocycles. The number of amides is 1. The lowest BCUT2D eigenvalue weighted by Gasteiger charge is -2.21. The molecule has 0 aromatic heterocycles. The summed E-state index contributed by atoms with van der Waals surface area (Å²) in [4.78, 5) is 11.4. The first-order valence-electron chi connectivity index (χ1n) is 7.41. The Balaban J connectivity index is 2.61. The molecule has 1 rings (SSSR count). The van der Waals surface area contributed by atoms with E-state index in [1.807, 2.05) is 0 Å². The average molecular weight is 347 g/mol. The minimum absolute atomic E-state index is 0.00655. The predicted molar refractivity (Wildman–Crippen MR) is 82.7 cm³/mol.